The van der Waals surface area contributed by atoms with Gasteiger partial charge in [-0.25, -0.2) is 0 Å². The summed E-state index contributed by atoms with van der Waals surface area (Å²) >= 11 is 0. The molecule has 2 aromatic carbocycles. The smallest absolute Gasteiger partial charge is 0.232 e. The average Bonchev–Trinajstić information content (AvgIpc) is 3.23. The highest BCUT2D eigenvalue weighted by atomic mass is 16.5. The van der Waals surface area contributed by atoms with Crippen molar-refractivity contribution in [1.29, 1.82) is 0 Å². The van der Waals surface area contributed by atoms with Crippen LogP contribution in [0.3, 0.4) is 0 Å². The minimum atomic E-state index is -0.161. The Kier molecular flexibility index (Phi) is 4.38. The predicted octanol–water partition coefficient (Wildman–Crippen LogP) is 5.43. The summed E-state index contributed by atoms with van der Waals surface area (Å²) in [5.41, 5.74) is 2.63. The Hall–Kier alpha value is -3.53. The summed E-state index contributed by atoms with van der Waals surface area (Å²) < 4.78 is 17.0. The zero-order valence-corrected chi connectivity index (χ0v) is 14.9. The highest BCUT2D eigenvalue weighted by Crippen LogP contribution is 2.35. The van der Waals surface area contributed by atoms with Gasteiger partial charge in [0.05, 0.1) is 5.56 Å². The summed E-state index contributed by atoms with van der Waals surface area (Å²) in [6, 6.07) is 16.8. The van der Waals surface area contributed by atoms with E-state index in [1.165, 1.54) is 0 Å². The zero-order chi connectivity index (χ0) is 18.8. The molecule has 27 heavy (non-hydrogen) atoms. The van der Waals surface area contributed by atoms with E-state index in [0.717, 1.165) is 16.9 Å². The summed E-state index contributed by atoms with van der Waals surface area (Å²) in [7, 11) is 0. The van der Waals surface area contributed by atoms with Gasteiger partial charge in [-0.3, -0.25) is 4.79 Å². The van der Waals surface area contributed by atoms with E-state index in [1.54, 1.807) is 36.4 Å². The Bertz CT molecular complexity index is 1040. The average molecular weight is 358 g/mol. The van der Waals surface area contributed by atoms with Gasteiger partial charge in [0.15, 0.2) is 5.76 Å². The van der Waals surface area contributed by atoms with Gasteiger partial charge in [0.1, 0.15) is 29.6 Å². The number of hydrogen-bond acceptors (Lipinski definition) is 4. The maximum Gasteiger partial charge on any atom is 0.232 e. The van der Waals surface area contributed by atoms with Crippen LogP contribution in [-0.4, -0.2) is 5.78 Å². The highest BCUT2D eigenvalue weighted by Gasteiger charge is 2.28. The molecule has 0 amide bonds. The van der Waals surface area contributed by atoms with Crippen molar-refractivity contribution in [3.63, 3.8) is 0 Å². The van der Waals surface area contributed by atoms with E-state index in [9.17, 15) is 4.79 Å². The molecule has 0 saturated carbocycles. The van der Waals surface area contributed by atoms with Gasteiger partial charge in [-0.2, -0.15) is 0 Å². The van der Waals surface area contributed by atoms with E-state index in [2.05, 4.69) is 6.58 Å². The van der Waals surface area contributed by atoms with Crippen LogP contribution < -0.4 is 9.47 Å². The number of furan rings is 1. The second-order valence-electron chi connectivity index (χ2n) is 6.28. The van der Waals surface area contributed by atoms with E-state index in [1.807, 2.05) is 37.3 Å². The summed E-state index contributed by atoms with van der Waals surface area (Å²) in [6.07, 6.45) is 3.41. The van der Waals surface area contributed by atoms with Crippen LogP contribution in [0, 0.1) is 6.92 Å². The normalized spacial score (nSPS) is 14.1. The summed E-state index contributed by atoms with van der Waals surface area (Å²) in [4.78, 5) is 12.5. The first-order chi connectivity index (χ1) is 13.1. The topological polar surface area (TPSA) is 48.7 Å². The zero-order valence-electron chi connectivity index (χ0n) is 14.9. The maximum atomic E-state index is 12.5. The van der Waals surface area contributed by atoms with Crippen LogP contribution in [0.15, 0.2) is 71.4 Å². The number of carbonyl (C=O) groups excluding carboxylic acids is 1. The third-order valence-corrected chi connectivity index (χ3v) is 4.30. The molecule has 0 radical (unpaired) electrons. The molecule has 0 aliphatic carbocycles. The first-order valence-electron chi connectivity index (χ1n) is 8.61. The lowest BCUT2D eigenvalue weighted by Gasteiger charge is -2.07. The molecular weight excluding hydrogens is 340 g/mol. The van der Waals surface area contributed by atoms with Crippen molar-refractivity contribution in [2.75, 3.05) is 0 Å². The number of allylic oxidation sites excluding steroid dienone is 1. The summed E-state index contributed by atoms with van der Waals surface area (Å²) in [5.74, 6) is 2.59. The Balaban J connectivity index is 1.48. The Morgan fingerprint density at radius 1 is 1.07 bits per heavy atom. The van der Waals surface area contributed by atoms with Crippen molar-refractivity contribution in [2.24, 2.45) is 0 Å². The SMILES string of the molecule is C=Cc1ccc(COc2ccc3c(c2)O/C(=C\c2ccc(C)o2)C3=O)cc1. The Morgan fingerprint density at radius 2 is 1.89 bits per heavy atom. The summed E-state index contributed by atoms with van der Waals surface area (Å²) in [6.45, 7) is 6.02. The number of fused-ring (bicyclic) bond motifs is 1. The first kappa shape index (κ1) is 16.9. The van der Waals surface area contributed by atoms with E-state index in [0.29, 0.717) is 29.4 Å². The number of carbonyl (C=O) groups is 1. The third-order valence-electron chi connectivity index (χ3n) is 4.30. The highest BCUT2D eigenvalue weighted by molar-refractivity contribution is 6.14. The molecule has 0 fully saturated rings. The van der Waals surface area contributed by atoms with Crippen molar-refractivity contribution >= 4 is 17.9 Å². The van der Waals surface area contributed by atoms with Crippen LogP contribution in [0.1, 0.15) is 33.0 Å². The van der Waals surface area contributed by atoms with Gasteiger partial charge in [0, 0.05) is 12.1 Å². The van der Waals surface area contributed by atoms with Gasteiger partial charge in [0.2, 0.25) is 5.78 Å². The fourth-order valence-corrected chi connectivity index (χ4v) is 2.83. The van der Waals surface area contributed by atoms with E-state index in [-0.39, 0.29) is 11.5 Å². The molecule has 4 nitrogen and oxygen atoms in total. The van der Waals surface area contributed by atoms with Gasteiger partial charge in [-0.05, 0) is 42.3 Å². The quantitative estimate of drug-likeness (QED) is 0.571. The van der Waals surface area contributed by atoms with Crippen LogP contribution in [-0.2, 0) is 6.61 Å². The van der Waals surface area contributed by atoms with Crippen LogP contribution >= 0.6 is 0 Å². The molecule has 1 aliphatic heterocycles. The molecule has 4 rings (SSSR count). The number of hydrogen-bond donors (Lipinski definition) is 0. The molecule has 0 unspecified atom stereocenters. The minimum Gasteiger partial charge on any atom is -0.489 e. The largest absolute Gasteiger partial charge is 0.489 e. The molecule has 2 heterocycles. The lowest BCUT2D eigenvalue weighted by Crippen LogP contribution is -1.97. The second-order valence-corrected chi connectivity index (χ2v) is 6.28. The van der Waals surface area contributed by atoms with Crippen molar-refractivity contribution < 1.29 is 18.7 Å². The number of benzene rings is 2. The van der Waals surface area contributed by atoms with Crippen molar-refractivity contribution in [3.8, 4) is 11.5 Å². The number of Topliss-reactive ketones (excluding diaryl/α,β-unsaturated/α-hetero) is 1. The molecule has 0 N–H and O–H groups in total. The van der Waals surface area contributed by atoms with Gasteiger partial charge < -0.3 is 13.9 Å². The van der Waals surface area contributed by atoms with E-state index >= 15 is 0 Å². The van der Waals surface area contributed by atoms with Gasteiger partial charge in [-0.15, -0.1) is 0 Å². The van der Waals surface area contributed by atoms with Gasteiger partial charge in [0.25, 0.3) is 0 Å². The monoisotopic (exact) mass is 358 g/mol. The molecule has 0 spiro atoms. The minimum absolute atomic E-state index is 0.161. The third kappa shape index (κ3) is 3.55. The molecule has 1 aliphatic rings. The molecular formula is C23H18O4. The number of rotatable bonds is 5. The van der Waals surface area contributed by atoms with Gasteiger partial charge >= 0.3 is 0 Å². The number of ether oxygens (including phenoxy) is 2. The number of aryl methyl sites for hydroxylation is 1. The predicted molar refractivity (Wildman–Crippen MR) is 104 cm³/mol. The standard InChI is InChI=1S/C23H18O4/c1-3-16-5-7-17(8-6-16)14-25-18-10-11-20-21(12-18)27-22(23(20)24)13-19-9-4-15(2)26-19/h3-13H,1,14H2,2H3/b22-13-. The first-order valence-corrected chi connectivity index (χ1v) is 8.61. The maximum absolute atomic E-state index is 12.5. The molecule has 1 aromatic heterocycles. The summed E-state index contributed by atoms with van der Waals surface area (Å²) in [5, 5.41) is 0. The van der Waals surface area contributed by atoms with E-state index in [4.69, 9.17) is 13.9 Å². The van der Waals surface area contributed by atoms with Crippen LogP contribution in [0.4, 0.5) is 0 Å². The molecule has 4 heteroatoms. The van der Waals surface area contributed by atoms with Crippen molar-refractivity contribution in [3.05, 3.63) is 95.1 Å². The van der Waals surface area contributed by atoms with Crippen molar-refractivity contribution in [1.82, 2.24) is 0 Å². The van der Waals surface area contributed by atoms with Crippen molar-refractivity contribution in [2.45, 2.75) is 13.5 Å². The van der Waals surface area contributed by atoms with Crippen LogP contribution in [0.5, 0.6) is 11.5 Å². The second kappa shape index (κ2) is 7.00. The Labute approximate surface area is 157 Å². The van der Waals surface area contributed by atoms with Gasteiger partial charge in [-0.1, -0.05) is 36.9 Å². The fourth-order valence-electron chi connectivity index (χ4n) is 2.83. The Morgan fingerprint density at radius 3 is 2.59 bits per heavy atom. The molecule has 0 bridgehead atoms. The van der Waals surface area contributed by atoms with Crippen LogP contribution in [0.2, 0.25) is 0 Å². The van der Waals surface area contributed by atoms with Crippen LogP contribution in [0.25, 0.3) is 12.2 Å². The lowest BCUT2D eigenvalue weighted by molar-refractivity contribution is 0.101. The lowest BCUT2D eigenvalue weighted by atomic mass is 10.1. The number of ketones is 1. The van der Waals surface area contributed by atoms with E-state index < -0.39 is 0 Å². The molecule has 0 atom stereocenters. The molecule has 0 saturated heterocycles. The fraction of sp³-hybridized carbons (Fsp3) is 0.0870. The molecule has 134 valence electrons. The molecule has 3 aromatic rings.